The number of aliphatic hydroxyl groups is 5. The lowest BCUT2D eigenvalue weighted by Crippen LogP contribution is -2.61. The maximum absolute atomic E-state index is 10.4. The van der Waals surface area contributed by atoms with Crippen LogP contribution in [0.4, 0.5) is 0 Å². The van der Waals surface area contributed by atoms with E-state index in [1.165, 1.54) is 0 Å². The molecule has 2 rings (SSSR count). The molecule has 1 heterocycles. The van der Waals surface area contributed by atoms with Gasteiger partial charge in [-0.2, -0.15) is 0 Å². The van der Waals surface area contributed by atoms with E-state index in [1.54, 1.807) is 6.92 Å². The molecule has 2 aliphatic rings. The number of ether oxygens (including phenoxy) is 2. The van der Waals surface area contributed by atoms with Gasteiger partial charge < -0.3 is 35.0 Å². The molecule has 0 aromatic carbocycles. The Morgan fingerprint density at radius 1 is 1.22 bits per heavy atom. The summed E-state index contributed by atoms with van der Waals surface area (Å²) >= 11 is 0. The first-order chi connectivity index (χ1) is 10.7. The topological polar surface area (TPSA) is 120 Å². The van der Waals surface area contributed by atoms with Gasteiger partial charge >= 0.3 is 0 Å². The average molecular weight is 332 g/mol. The minimum Gasteiger partial charge on any atom is -0.394 e. The van der Waals surface area contributed by atoms with E-state index in [1.807, 2.05) is 6.08 Å². The SMILES string of the molecule is CC(C)C1=CCC(C)(OC2OC(CO)C(O)C(O)C2O)C(O)C1. The molecule has 0 bridgehead atoms. The zero-order valence-corrected chi connectivity index (χ0v) is 13.8. The van der Waals surface area contributed by atoms with Gasteiger partial charge in [-0.25, -0.2) is 0 Å². The Bertz CT molecular complexity index is 436. The third-order valence-electron chi connectivity index (χ3n) is 4.88. The Morgan fingerprint density at radius 3 is 2.39 bits per heavy atom. The van der Waals surface area contributed by atoms with Crippen LogP contribution in [0.15, 0.2) is 11.6 Å². The van der Waals surface area contributed by atoms with E-state index < -0.39 is 49.0 Å². The Hall–Kier alpha value is -0.540. The van der Waals surface area contributed by atoms with Crippen LogP contribution < -0.4 is 0 Å². The molecule has 1 aliphatic carbocycles. The number of hydrogen-bond donors (Lipinski definition) is 5. The van der Waals surface area contributed by atoms with Crippen molar-refractivity contribution < 1.29 is 35.0 Å². The Balaban J connectivity index is 2.11. The second kappa shape index (κ2) is 7.14. The fourth-order valence-corrected chi connectivity index (χ4v) is 3.02. The van der Waals surface area contributed by atoms with Crippen molar-refractivity contribution in [2.24, 2.45) is 5.92 Å². The quantitative estimate of drug-likeness (QED) is 0.432. The molecule has 0 saturated carbocycles. The van der Waals surface area contributed by atoms with Crippen LogP contribution in [0.3, 0.4) is 0 Å². The van der Waals surface area contributed by atoms with Gasteiger partial charge in [-0.3, -0.25) is 0 Å². The van der Waals surface area contributed by atoms with E-state index in [-0.39, 0.29) is 0 Å². The van der Waals surface area contributed by atoms with Crippen molar-refractivity contribution in [2.45, 2.75) is 76.0 Å². The standard InChI is InChI=1S/C16H28O7/c1-8(2)9-4-5-16(3,11(18)6-9)23-15-14(21)13(20)12(19)10(7-17)22-15/h4,8,10-15,17-21H,5-7H2,1-3H3. The zero-order valence-electron chi connectivity index (χ0n) is 13.8. The van der Waals surface area contributed by atoms with Gasteiger partial charge in [0.2, 0.25) is 0 Å². The summed E-state index contributed by atoms with van der Waals surface area (Å²) < 4.78 is 11.1. The molecular formula is C16H28O7. The van der Waals surface area contributed by atoms with Crippen molar-refractivity contribution in [3.05, 3.63) is 11.6 Å². The second-order valence-electron chi connectivity index (χ2n) is 6.99. The largest absolute Gasteiger partial charge is 0.394 e. The molecule has 134 valence electrons. The van der Waals surface area contributed by atoms with Crippen LogP contribution in [-0.4, -0.2) is 74.6 Å². The normalized spacial score (nSPS) is 45.2. The number of hydrogen-bond acceptors (Lipinski definition) is 7. The summed E-state index contributed by atoms with van der Waals surface area (Å²) in [5.74, 6) is 0.335. The Kier molecular flexibility index (Phi) is 5.84. The van der Waals surface area contributed by atoms with E-state index in [9.17, 15) is 25.5 Å². The van der Waals surface area contributed by atoms with Gasteiger partial charge in [0.05, 0.1) is 18.3 Å². The van der Waals surface area contributed by atoms with Crippen LogP contribution in [-0.2, 0) is 9.47 Å². The average Bonchev–Trinajstić information content (AvgIpc) is 2.50. The molecule has 0 spiro atoms. The van der Waals surface area contributed by atoms with Gasteiger partial charge in [0, 0.05) is 0 Å². The summed E-state index contributed by atoms with van der Waals surface area (Å²) in [5, 5.41) is 49.3. The van der Waals surface area contributed by atoms with Crippen LogP contribution in [0.2, 0.25) is 0 Å². The first-order valence-corrected chi connectivity index (χ1v) is 8.05. The van der Waals surface area contributed by atoms with Crippen LogP contribution in [0, 0.1) is 5.92 Å². The van der Waals surface area contributed by atoms with Gasteiger partial charge in [0.1, 0.15) is 24.4 Å². The highest BCUT2D eigenvalue weighted by Crippen LogP contribution is 2.36. The fourth-order valence-electron chi connectivity index (χ4n) is 3.02. The first kappa shape index (κ1) is 18.8. The predicted octanol–water partition coefficient (Wildman–Crippen LogP) is -0.701. The van der Waals surface area contributed by atoms with Crippen LogP contribution in [0.1, 0.15) is 33.6 Å². The van der Waals surface area contributed by atoms with E-state index in [2.05, 4.69) is 13.8 Å². The van der Waals surface area contributed by atoms with Crippen LogP contribution in [0.5, 0.6) is 0 Å². The third-order valence-corrected chi connectivity index (χ3v) is 4.88. The van der Waals surface area contributed by atoms with Crippen LogP contribution >= 0.6 is 0 Å². The summed E-state index contributed by atoms with van der Waals surface area (Å²) in [6, 6.07) is 0. The van der Waals surface area contributed by atoms with Crippen molar-refractivity contribution in [3.8, 4) is 0 Å². The molecule has 1 saturated heterocycles. The van der Waals surface area contributed by atoms with Gasteiger partial charge in [-0.15, -0.1) is 0 Å². The molecule has 0 aromatic heterocycles. The molecule has 7 atom stereocenters. The smallest absolute Gasteiger partial charge is 0.187 e. The van der Waals surface area contributed by atoms with Crippen molar-refractivity contribution >= 4 is 0 Å². The van der Waals surface area contributed by atoms with Crippen molar-refractivity contribution in [2.75, 3.05) is 6.61 Å². The zero-order chi connectivity index (χ0) is 17.4. The predicted molar refractivity (Wildman–Crippen MR) is 81.4 cm³/mol. The van der Waals surface area contributed by atoms with E-state index in [0.717, 1.165) is 5.57 Å². The maximum Gasteiger partial charge on any atom is 0.187 e. The molecule has 0 amide bonds. The molecule has 7 nitrogen and oxygen atoms in total. The lowest BCUT2D eigenvalue weighted by atomic mass is 9.80. The third kappa shape index (κ3) is 3.76. The molecular weight excluding hydrogens is 304 g/mol. The molecule has 7 unspecified atom stereocenters. The monoisotopic (exact) mass is 332 g/mol. The van der Waals surface area contributed by atoms with Crippen molar-refractivity contribution in [3.63, 3.8) is 0 Å². The Morgan fingerprint density at radius 2 is 1.87 bits per heavy atom. The summed E-state index contributed by atoms with van der Waals surface area (Å²) in [7, 11) is 0. The van der Waals surface area contributed by atoms with Gasteiger partial charge in [0.15, 0.2) is 6.29 Å². The first-order valence-electron chi connectivity index (χ1n) is 8.05. The maximum atomic E-state index is 10.4. The lowest BCUT2D eigenvalue weighted by molar-refractivity contribution is -0.334. The minimum atomic E-state index is -1.49. The molecule has 5 N–H and O–H groups in total. The van der Waals surface area contributed by atoms with Crippen molar-refractivity contribution in [1.82, 2.24) is 0 Å². The van der Waals surface area contributed by atoms with Gasteiger partial charge in [-0.1, -0.05) is 25.5 Å². The van der Waals surface area contributed by atoms with Crippen LogP contribution in [0.25, 0.3) is 0 Å². The highest BCUT2D eigenvalue weighted by molar-refractivity contribution is 5.15. The highest BCUT2D eigenvalue weighted by atomic mass is 16.7. The molecule has 0 radical (unpaired) electrons. The number of rotatable bonds is 4. The van der Waals surface area contributed by atoms with E-state index in [4.69, 9.17) is 9.47 Å². The summed E-state index contributed by atoms with van der Waals surface area (Å²) in [4.78, 5) is 0. The molecule has 1 aliphatic heterocycles. The van der Waals surface area contributed by atoms with Gasteiger partial charge in [-0.05, 0) is 25.7 Å². The van der Waals surface area contributed by atoms with E-state index >= 15 is 0 Å². The minimum absolute atomic E-state index is 0.335. The molecule has 0 aromatic rings. The highest BCUT2D eigenvalue weighted by Gasteiger charge is 2.48. The van der Waals surface area contributed by atoms with E-state index in [0.29, 0.717) is 18.8 Å². The Labute approximate surface area is 136 Å². The summed E-state index contributed by atoms with van der Waals surface area (Å²) in [6.07, 6.45) is -4.50. The summed E-state index contributed by atoms with van der Waals surface area (Å²) in [5.41, 5.74) is 0.166. The second-order valence-corrected chi connectivity index (χ2v) is 6.99. The van der Waals surface area contributed by atoms with Crippen molar-refractivity contribution in [1.29, 1.82) is 0 Å². The molecule has 23 heavy (non-hydrogen) atoms. The fraction of sp³-hybridized carbons (Fsp3) is 0.875. The lowest BCUT2D eigenvalue weighted by Gasteiger charge is -2.46. The molecule has 1 fully saturated rings. The number of aliphatic hydroxyl groups excluding tert-OH is 5. The molecule has 7 heteroatoms. The summed E-state index contributed by atoms with van der Waals surface area (Å²) in [6.45, 7) is 5.31. The van der Waals surface area contributed by atoms with Gasteiger partial charge in [0.25, 0.3) is 0 Å².